The van der Waals surface area contributed by atoms with Crippen LogP contribution in [-0.4, -0.2) is 35.2 Å². The molecule has 2 amide bonds. The summed E-state index contributed by atoms with van der Waals surface area (Å²) in [6, 6.07) is 10.1. The Morgan fingerprint density at radius 2 is 2.08 bits per heavy atom. The molecule has 2 heterocycles. The van der Waals surface area contributed by atoms with Crippen LogP contribution in [0.25, 0.3) is 17.4 Å². The maximum atomic E-state index is 12.5. The first kappa shape index (κ1) is 18.5. The van der Waals surface area contributed by atoms with Crippen molar-refractivity contribution in [3.63, 3.8) is 0 Å². The number of methoxy groups -OCH3 is 1. The molecule has 0 unspecified atom stereocenters. The molecule has 1 fully saturated rings. The van der Waals surface area contributed by atoms with Gasteiger partial charge in [0.1, 0.15) is 17.6 Å². The Hall–Kier alpha value is -2.32. The van der Waals surface area contributed by atoms with Gasteiger partial charge < -0.3 is 9.15 Å². The molecule has 3 rings (SSSR count). The summed E-state index contributed by atoms with van der Waals surface area (Å²) in [6.07, 6.45) is 1.50. The quantitative estimate of drug-likeness (QED) is 0.525. The van der Waals surface area contributed by atoms with Gasteiger partial charge in [0.25, 0.3) is 11.1 Å². The number of nitrogens with zero attached hydrogens (tertiary/aromatic N) is 1. The molecule has 6 nitrogen and oxygen atoms in total. The maximum Gasteiger partial charge on any atom is 0.328 e. The summed E-state index contributed by atoms with van der Waals surface area (Å²) in [5.41, 5.74) is 0.881. The molecule has 0 saturated carbocycles. The van der Waals surface area contributed by atoms with E-state index in [9.17, 15) is 14.4 Å². The first-order valence-electron chi connectivity index (χ1n) is 7.61. The van der Waals surface area contributed by atoms with Gasteiger partial charge in [-0.15, -0.1) is 0 Å². The second-order valence-corrected chi connectivity index (χ2v) is 7.37. The highest BCUT2D eigenvalue weighted by molar-refractivity contribution is 9.10. The SMILES string of the molecule is COC(=O)[C@H](C)N1C(=O)S/C(=C/c2ccc(-c3cccc(Br)c3)o2)C1=O. The minimum atomic E-state index is -0.979. The van der Waals surface area contributed by atoms with Gasteiger partial charge in [-0.05, 0) is 43.0 Å². The fourth-order valence-electron chi connectivity index (χ4n) is 2.45. The van der Waals surface area contributed by atoms with E-state index in [2.05, 4.69) is 20.7 Å². The van der Waals surface area contributed by atoms with Crippen molar-refractivity contribution in [2.75, 3.05) is 7.11 Å². The number of thioether (sulfide) groups is 1. The van der Waals surface area contributed by atoms with Crippen LogP contribution >= 0.6 is 27.7 Å². The number of hydrogen-bond donors (Lipinski definition) is 0. The molecule has 26 heavy (non-hydrogen) atoms. The van der Waals surface area contributed by atoms with Gasteiger partial charge in [0.2, 0.25) is 0 Å². The molecule has 8 heteroatoms. The number of esters is 1. The second-order valence-electron chi connectivity index (χ2n) is 5.46. The van der Waals surface area contributed by atoms with Crippen LogP contribution in [0, 0.1) is 0 Å². The standard InChI is InChI=1S/C18H14BrNO5S/c1-10(17(22)24-2)20-16(21)15(26-18(20)23)9-13-6-7-14(25-13)11-4-3-5-12(19)8-11/h3-10H,1-2H3/b15-9+/t10-/m0/s1. The van der Waals surface area contributed by atoms with E-state index in [1.165, 1.54) is 20.1 Å². The third-order valence-electron chi connectivity index (χ3n) is 3.76. The minimum Gasteiger partial charge on any atom is -0.467 e. The van der Waals surface area contributed by atoms with Gasteiger partial charge in [-0.3, -0.25) is 14.5 Å². The molecule has 0 aliphatic carbocycles. The number of furan rings is 1. The summed E-state index contributed by atoms with van der Waals surface area (Å²) in [5, 5.41) is -0.516. The van der Waals surface area contributed by atoms with Crippen molar-refractivity contribution in [1.82, 2.24) is 4.90 Å². The van der Waals surface area contributed by atoms with Crippen LogP contribution in [0.4, 0.5) is 4.79 Å². The van der Waals surface area contributed by atoms with Crippen molar-refractivity contribution in [3.8, 4) is 11.3 Å². The van der Waals surface area contributed by atoms with Gasteiger partial charge in [-0.25, -0.2) is 4.79 Å². The summed E-state index contributed by atoms with van der Waals surface area (Å²) in [5.74, 6) is -0.113. The molecule has 0 bridgehead atoms. The number of ether oxygens (including phenoxy) is 1. The van der Waals surface area contributed by atoms with Crippen molar-refractivity contribution in [3.05, 3.63) is 51.5 Å². The molecule has 1 atom stereocenters. The maximum absolute atomic E-state index is 12.5. The fraction of sp³-hybridized carbons (Fsp3) is 0.167. The van der Waals surface area contributed by atoms with Crippen LogP contribution in [0.15, 0.2) is 50.2 Å². The minimum absolute atomic E-state index is 0.195. The van der Waals surface area contributed by atoms with Gasteiger partial charge in [0, 0.05) is 16.1 Å². The highest BCUT2D eigenvalue weighted by atomic mass is 79.9. The van der Waals surface area contributed by atoms with E-state index < -0.39 is 23.2 Å². The van der Waals surface area contributed by atoms with Crippen molar-refractivity contribution in [1.29, 1.82) is 0 Å². The van der Waals surface area contributed by atoms with Gasteiger partial charge in [-0.2, -0.15) is 0 Å². The molecule has 0 spiro atoms. The Morgan fingerprint density at radius 1 is 1.31 bits per heavy atom. The number of amides is 2. The second kappa shape index (κ2) is 7.51. The lowest BCUT2D eigenvalue weighted by atomic mass is 10.2. The molecular weight excluding hydrogens is 422 g/mol. The Bertz CT molecular complexity index is 920. The van der Waals surface area contributed by atoms with Crippen molar-refractivity contribution >= 4 is 50.9 Å². The molecular formula is C18H14BrNO5S. The molecule has 134 valence electrons. The lowest BCUT2D eigenvalue weighted by molar-refractivity contribution is -0.148. The molecule has 1 aliphatic heterocycles. The number of carbonyl (C=O) groups is 3. The molecule has 1 aromatic heterocycles. The van der Waals surface area contributed by atoms with Crippen LogP contribution in [0.3, 0.4) is 0 Å². The largest absolute Gasteiger partial charge is 0.467 e. The fourth-order valence-corrected chi connectivity index (χ4v) is 3.73. The van der Waals surface area contributed by atoms with Gasteiger partial charge in [0.15, 0.2) is 0 Å². The van der Waals surface area contributed by atoms with Crippen LogP contribution in [0.2, 0.25) is 0 Å². The number of carbonyl (C=O) groups excluding carboxylic acids is 3. The Kier molecular flexibility index (Phi) is 5.33. The molecule has 0 N–H and O–H groups in total. The molecule has 1 saturated heterocycles. The average Bonchev–Trinajstić information content (AvgIpc) is 3.19. The predicted molar refractivity (Wildman–Crippen MR) is 101 cm³/mol. The van der Waals surface area contributed by atoms with E-state index in [0.717, 1.165) is 26.7 Å². The topological polar surface area (TPSA) is 76.8 Å². The van der Waals surface area contributed by atoms with Crippen LogP contribution < -0.4 is 0 Å². The van der Waals surface area contributed by atoms with E-state index in [1.807, 2.05) is 24.3 Å². The smallest absolute Gasteiger partial charge is 0.328 e. The normalized spacial score (nSPS) is 17.0. The zero-order valence-corrected chi connectivity index (χ0v) is 16.3. The summed E-state index contributed by atoms with van der Waals surface area (Å²) in [6.45, 7) is 1.45. The predicted octanol–water partition coefficient (Wildman–Crippen LogP) is 4.31. The average molecular weight is 436 g/mol. The number of rotatable bonds is 4. The van der Waals surface area contributed by atoms with E-state index >= 15 is 0 Å². The number of hydrogen-bond acceptors (Lipinski definition) is 6. The molecule has 1 aliphatic rings. The zero-order valence-electron chi connectivity index (χ0n) is 13.9. The first-order chi connectivity index (χ1) is 12.4. The summed E-state index contributed by atoms with van der Waals surface area (Å²) in [7, 11) is 1.21. The van der Waals surface area contributed by atoms with Crippen LogP contribution in [0.5, 0.6) is 0 Å². The van der Waals surface area contributed by atoms with Crippen molar-refractivity contribution in [2.45, 2.75) is 13.0 Å². The summed E-state index contributed by atoms with van der Waals surface area (Å²) >= 11 is 4.17. The monoisotopic (exact) mass is 435 g/mol. The Morgan fingerprint density at radius 3 is 2.77 bits per heavy atom. The van der Waals surface area contributed by atoms with Crippen LogP contribution in [-0.2, 0) is 14.3 Å². The molecule has 2 aromatic rings. The number of halogens is 1. The summed E-state index contributed by atoms with van der Waals surface area (Å²) in [4.78, 5) is 37.3. The van der Waals surface area contributed by atoms with Crippen molar-refractivity contribution in [2.24, 2.45) is 0 Å². The molecule has 0 radical (unpaired) electrons. The highest BCUT2D eigenvalue weighted by Crippen LogP contribution is 2.35. The lowest BCUT2D eigenvalue weighted by Gasteiger charge is -2.18. The molecule has 1 aromatic carbocycles. The highest BCUT2D eigenvalue weighted by Gasteiger charge is 2.41. The van der Waals surface area contributed by atoms with Gasteiger partial charge in [-0.1, -0.05) is 28.1 Å². The Labute approximate surface area is 162 Å². The third-order valence-corrected chi connectivity index (χ3v) is 5.14. The van der Waals surface area contributed by atoms with Gasteiger partial charge >= 0.3 is 5.97 Å². The lowest BCUT2D eigenvalue weighted by Crippen LogP contribution is -2.42. The number of benzene rings is 1. The third kappa shape index (κ3) is 3.61. The van der Waals surface area contributed by atoms with E-state index in [-0.39, 0.29) is 4.91 Å². The number of imide groups is 1. The Balaban J connectivity index is 1.84. The van der Waals surface area contributed by atoms with E-state index in [4.69, 9.17) is 4.42 Å². The van der Waals surface area contributed by atoms with Crippen molar-refractivity contribution < 1.29 is 23.5 Å². The van der Waals surface area contributed by atoms with E-state index in [0.29, 0.717) is 11.5 Å². The van der Waals surface area contributed by atoms with Crippen LogP contribution in [0.1, 0.15) is 12.7 Å². The summed E-state index contributed by atoms with van der Waals surface area (Å²) < 4.78 is 11.3. The van der Waals surface area contributed by atoms with E-state index in [1.54, 1.807) is 12.1 Å². The zero-order chi connectivity index (χ0) is 18.8. The first-order valence-corrected chi connectivity index (χ1v) is 9.22. The van der Waals surface area contributed by atoms with Gasteiger partial charge in [0.05, 0.1) is 12.0 Å².